The van der Waals surface area contributed by atoms with Gasteiger partial charge in [0.25, 0.3) is 5.56 Å². The molecule has 0 aromatic carbocycles. The molecule has 0 radical (unpaired) electrons. The van der Waals surface area contributed by atoms with E-state index in [0.29, 0.717) is 25.0 Å². The summed E-state index contributed by atoms with van der Waals surface area (Å²) in [6, 6.07) is 0.236. The molecule has 162 valence electrons. The van der Waals surface area contributed by atoms with Gasteiger partial charge in [-0.25, -0.2) is 4.98 Å². The second kappa shape index (κ2) is 7.98. The Hall–Kier alpha value is -2.48. The third kappa shape index (κ3) is 3.69. The number of H-pyrrole nitrogens is 1. The molecule has 2 aromatic heterocycles. The Morgan fingerprint density at radius 2 is 2.00 bits per heavy atom. The molecule has 8 nitrogen and oxygen atoms in total. The molecule has 0 saturated carbocycles. The zero-order valence-electron chi connectivity index (χ0n) is 18.7. The molecule has 0 aliphatic carbocycles. The highest BCUT2D eigenvalue weighted by Gasteiger charge is 2.33. The van der Waals surface area contributed by atoms with Crippen molar-refractivity contribution in [2.75, 3.05) is 13.1 Å². The summed E-state index contributed by atoms with van der Waals surface area (Å²) in [7, 11) is 0. The molecule has 2 aliphatic rings. The Balaban J connectivity index is 1.58. The van der Waals surface area contributed by atoms with Gasteiger partial charge in [0.1, 0.15) is 12.4 Å². The largest absolute Gasteiger partial charge is 0.331 e. The normalized spacial score (nSPS) is 19.5. The van der Waals surface area contributed by atoms with Crippen LogP contribution >= 0.6 is 0 Å². The third-order valence-electron chi connectivity index (χ3n) is 6.77. The second-order valence-electron chi connectivity index (χ2n) is 8.89. The topological polar surface area (TPSA) is 87.1 Å². The fourth-order valence-electron chi connectivity index (χ4n) is 4.59. The van der Waals surface area contributed by atoms with Gasteiger partial charge in [0.2, 0.25) is 5.91 Å². The molecule has 0 unspecified atom stereocenters. The summed E-state index contributed by atoms with van der Waals surface area (Å²) in [5.41, 5.74) is 4.70. The molecule has 1 N–H and O–H groups in total. The van der Waals surface area contributed by atoms with Crippen LogP contribution in [0.25, 0.3) is 0 Å². The maximum absolute atomic E-state index is 13.1. The number of nitrogens with zero attached hydrogens (tertiary/aromatic N) is 5. The van der Waals surface area contributed by atoms with Crippen LogP contribution in [0.3, 0.4) is 0 Å². The number of aryl methyl sites for hydroxylation is 1. The Kier molecular flexibility index (Phi) is 5.53. The Bertz CT molecular complexity index is 1020. The molecule has 1 atom stereocenters. The number of aromatic nitrogens is 4. The van der Waals surface area contributed by atoms with E-state index in [1.165, 1.54) is 0 Å². The van der Waals surface area contributed by atoms with Gasteiger partial charge in [-0.1, -0.05) is 0 Å². The average Bonchev–Trinajstić information content (AvgIpc) is 3.29. The summed E-state index contributed by atoms with van der Waals surface area (Å²) < 4.78 is 1.78. The van der Waals surface area contributed by atoms with Crippen LogP contribution in [0.1, 0.15) is 66.8 Å². The predicted octanol–water partition coefficient (Wildman–Crippen LogP) is 2.02. The van der Waals surface area contributed by atoms with Crippen molar-refractivity contribution < 1.29 is 4.79 Å². The Labute approximate surface area is 177 Å². The maximum atomic E-state index is 13.1. The molecule has 1 saturated heterocycles. The van der Waals surface area contributed by atoms with E-state index in [4.69, 9.17) is 4.98 Å². The van der Waals surface area contributed by atoms with E-state index in [-0.39, 0.29) is 24.1 Å². The lowest BCUT2D eigenvalue weighted by molar-refractivity contribution is -0.133. The van der Waals surface area contributed by atoms with Gasteiger partial charge in [-0.05, 0) is 59.4 Å². The van der Waals surface area contributed by atoms with E-state index < -0.39 is 0 Å². The summed E-state index contributed by atoms with van der Waals surface area (Å²) >= 11 is 0. The number of amides is 1. The van der Waals surface area contributed by atoms with Gasteiger partial charge in [0, 0.05) is 36.9 Å². The second-order valence-corrected chi connectivity index (χ2v) is 8.89. The monoisotopic (exact) mass is 412 g/mol. The van der Waals surface area contributed by atoms with Crippen LogP contribution < -0.4 is 5.56 Å². The SMILES string of the molecule is Cc1nn(CC(=O)N2CCC[C@H]2c2nc3c(c(=O)[nH]2)CCN(C(C)C)C3)c(C)c1C. The Morgan fingerprint density at radius 3 is 2.67 bits per heavy atom. The molecule has 2 aromatic rings. The highest BCUT2D eigenvalue weighted by molar-refractivity contribution is 5.76. The van der Waals surface area contributed by atoms with Crippen molar-refractivity contribution >= 4 is 5.91 Å². The number of hydrogen-bond donors (Lipinski definition) is 1. The van der Waals surface area contributed by atoms with Gasteiger partial charge in [0.15, 0.2) is 0 Å². The smallest absolute Gasteiger partial charge is 0.254 e. The number of aromatic amines is 1. The molecule has 4 heterocycles. The standard InChI is InChI=1S/C22H32N6O2/c1-13(2)26-10-8-17-18(11-26)23-21(24-22(17)30)19-7-6-9-27(19)20(29)12-28-16(5)14(3)15(4)25-28/h13,19H,6-12H2,1-5H3,(H,23,24,30)/t19-/m0/s1. The summed E-state index contributed by atoms with van der Waals surface area (Å²) in [6.07, 6.45) is 2.45. The van der Waals surface area contributed by atoms with Crippen LogP contribution in [0.5, 0.6) is 0 Å². The highest BCUT2D eigenvalue weighted by Crippen LogP contribution is 2.30. The van der Waals surface area contributed by atoms with Crippen molar-refractivity contribution in [2.24, 2.45) is 0 Å². The van der Waals surface area contributed by atoms with E-state index >= 15 is 0 Å². The summed E-state index contributed by atoms with van der Waals surface area (Å²) in [4.78, 5) is 37.9. The molecule has 30 heavy (non-hydrogen) atoms. The van der Waals surface area contributed by atoms with Crippen LogP contribution in [0.15, 0.2) is 4.79 Å². The van der Waals surface area contributed by atoms with Gasteiger partial charge < -0.3 is 9.88 Å². The molecule has 0 spiro atoms. The molecule has 0 bridgehead atoms. The molecular formula is C22H32N6O2. The van der Waals surface area contributed by atoms with E-state index in [1.54, 1.807) is 4.68 Å². The fraction of sp³-hybridized carbons (Fsp3) is 0.636. The number of hydrogen-bond acceptors (Lipinski definition) is 5. The number of rotatable bonds is 4. The number of nitrogens with one attached hydrogen (secondary N) is 1. The molecular weight excluding hydrogens is 380 g/mol. The van der Waals surface area contributed by atoms with E-state index in [1.807, 2.05) is 25.7 Å². The predicted molar refractivity (Wildman–Crippen MR) is 114 cm³/mol. The lowest BCUT2D eigenvalue weighted by Crippen LogP contribution is -2.40. The van der Waals surface area contributed by atoms with Gasteiger partial charge in [-0.3, -0.25) is 19.2 Å². The van der Waals surface area contributed by atoms with Crippen LogP contribution in [0.2, 0.25) is 0 Å². The number of carbonyl (C=O) groups excluding carboxylic acids is 1. The van der Waals surface area contributed by atoms with Crippen molar-refractivity contribution in [3.05, 3.63) is 44.4 Å². The van der Waals surface area contributed by atoms with E-state index in [2.05, 4.69) is 28.8 Å². The highest BCUT2D eigenvalue weighted by atomic mass is 16.2. The zero-order valence-corrected chi connectivity index (χ0v) is 18.7. The zero-order chi connectivity index (χ0) is 21.6. The van der Waals surface area contributed by atoms with E-state index in [0.717, 1.165) is 54.0 Å². The fourth-order valence-corrected chi connectivity index (χ4v) is 4.59. The molecule has 2 aliphatic heterocycles. The van der Waals surface area contributed by atoms with Gasteiger partial charge >= 0.3 is 0 Å². The summed E-state index contributed by atoms with van der Waals surface area (Å²) in [5.74, 6) is 0.645. The lowest BCUT2D eigenvalue weighted by Gasteiger charge is -2.31. The minimum Gasteiger partial charge on any atom is -0.331 e. The first kappa shape index (κ1) is 20.8. The minimum atomic E-state index is -0.178. The first-order valence-corrected chi connectivity index (χ1v) is 10.9. The van der Waals surface area contributed by atoms with Crippen molar-refractivity contribution in [1.29, 1.82) is 0 Å². The average molecular weight is 413 g/mol. The van der Waals surface area contributed by atoms with Gasteiger partial charge in [0.05, 0.1) is 17.4 Å². The van der Waals surface area contributed by atoms with Crippen molar-refractivity contribution in [3.63, 3.8) is 0 Å². The van der Waals surface area contributed by atoms with Gasteiger partial charge in [-0.15, -0.1) is 0 Å². The molecule has 1 amide bonds. The lowest BCUT2D eigenvalue weighted by atomic mass is 10.0. The molecule has 1 fully saturated rings. The van der Waals surface area contributed by atoms with Crippen molar-refractivity contribution in [3.8, 4) is 0 Å². The quantitative estimate of drug-likeness (QED) is 0.830. The van der Waals surface area contributed by atoms with Crippen molar-refractivity contribution in [2.45, 2.75) is 79.1 Å². The minimum absolute atomic E-state index is 0.0206. The third-order valence-corrected chi connectivity index (χ3v) is 6.77. The summed E-state index contributed by atoms with van der Waals surface area (Å²) in [6.45, 7) is 12.8. The first-order chi connectivity index (χ1) is 14.3. The van der Waals surface area contributed by atoms with Crippen LogP contribution in [-0.2, 0) is 24.3 Å². The maximum Gasteiger partial charge on any atom is 0.254 e. The summed E-state index contributed by atoms with van der Waals surface area (Å²) in [5, 5.41) is 4.51. The number of fused-ring (bicyclic) bond motifs is 1. The number of likely N-dealkylation sites (tertiary alicyclic amines) is 1. The Morgan fingerprint density at radius 1 is 1.23 bits per heavy atom. The van der Waals surface area contributed by atoms with Crippen molar-refractivity contribution in [1.82, 2.24) is 29.5 Å². The number of carbonyl (C=O) groups is 1. The van der Waals surface area contributed by atoms with Crippen LogP contribution in [0, 0.1) is 20.8 Å². The van der Waals surface area contributed by atoms with Crippen LogP contribution in [-0.4, -0.2) is 54.6 Å². The molecule has 8 heteroatoms. The van der Waals surface area contributed by atoms with E-state index in [9.17, 15) is 9.59 Å². The van der Waals surface area contributed by atoms with Gasteiger partial charge in [-0.2, -0.15) is 5.10 Å². The first-order valence-electron chi connectivity index (χ1n) is 10.9. The van der Waals surface area contributed by atoms with Crippen LogP contribution in [0.4, 0.5) is 0 Å². The molecule has 4 rings (SSSR count).